The molecule has 2 aromatic rings. The summed E-state index contributed by atoms with van der Waals surface area (Å²) in [5.74, 6) is -0.436. The largest absolute Gasteiger partial charge is 0.390 e. The van der Waals surface area contributed by atoms with E-state index in [1.54, 1.807) is 11.0 Å². The molecule has 0 aliphatic carbocycles. The SMILES string of the molecule is CC(C)C(=O)N(Cc1cccc(F)c1)C[C@@H]1CC(c2ccc(N(C)C)cc2)=NO1. The molecule has 1 amide bonds. The molecule has 3 rings (SSSR count). The molecule has 154 valence electrons. The third-order valence-corrected chi connectivity index (χ3v) is 4.94. The van der Waals surface area contributed by atoms with Gasteiger partial charge < -0.3 is 14.6 Å². The second kappa shape index (κ2) is 9.07. The van der Waals surface area contributed by atoms with Crippen LogP contribution in [0.2, 0.25) is 0 Å². The number of hydrogen-bond donors (Lipinski definition) is 0. The van der Waals surface area contributed by atoms with Crippen molar-refractivity contribution in [3.63, 3.8) is 0 Å². The number of carbonyl (C=O) groups excluding carboxylic acids is 1. The average molecular weight is 397 g/mol. The van der Waals surface area contributed by atoms with E-state index in [0.29, 0.717) is 19.5 Å². The molecule has 0 saturated heterocycles. The number of benzene rings is 2. The van der Waals surface area contributed by atoms with Gasteiger partial charge in [-0.2, -0.15) is 0 Å². The Bertz CT molecular complexity index is 878. The molecule has 1 aliphatic heterocycles. The van der Waals surface area contributed by atoms with E-state index in [4.69, 9.17) is 4.84 Å². The Labute approximate surface area is 171 Å². The predicted molar refractivity (Wildman–Crippen MR) is 113 cm³/mol. The van der Waals surface area contributed by atoms with Gasteiger partial charge in [0.25, 0.3) is 0 Å². The van der Waals surface area contributed by atoms with E-state index in [1.807, 2.05) is 63.2 Å². The second-order valence-electron chi connectivity index (χ2n) is 7.91. The second-order valence-corrected chi connectivity index (χ2v) is 7.91. The Morgan fingerprint density at radius 2 is 1.93 bits per heavy atom. The highest BCUT2D eigenvalue weighted by Crippen LogP contribution is 2.21. The Morgan fingerprint density at radius 1 is 1.21 bits per heavy atom. The summed E-state index contributed by atoms with van der Waals surface area (Å²) >= 11 is 0. The molecule has 0 bridgehead atoms. The first-order valence-electron chi connectivity index (χ1n) is 9.87. The first-order valence-corrected chi connectivity index (χ1v) is 9.87. The molecule has 0 N–H and O–H groups in total. The van der Waals surface area contributed by atoms with Gasteiger partial charge in [-0.1, -0.05) is 43.3 Å². The zero-order chi connectivity index (χ0) is 21.0. The molecular weight excluding hydrogens is 369 g/mol. The van der Waals surface area contributed by atoms with Gasteiger partial charge in [-0.25, -0.2) is 4.39 Å². The molecule has 0 spiro atoms. The van der Waals surface area contributed by atoms with Crippen LogP contribution in [0.15, 0.2) is 53.7 Å². The van der Waals surface area contributed by atoms with E-state index in [9.17, 15) is 9.18 Å². The van der Waals surface area contributed by atoms with Crippen molar-refractivity contribution in [2.45, 2.75) is 32.9 Å². The van der Waals surface area contributed by atoms with E-state index in [0.717, 1.165) is 22.5 Å². The minimum atomic E-state index is -0.302. The Balaban J connectivity index is 1.66. The van der Waals surface area contributed by atoms with Crippen LogP contribution in [0.4, 0.5) is 10.1 Å². The summed E-state index contributed by atoms with van der Waals surface area (Å²) in [7, 11) is 4.00. The number of amides is 1. The van der Waals surface area contributed by atoms with Crippen molar-refractivity contribution in [3.8, 4) is 0 Å². The fourth-order valence-corrected chi connectivity index (χ4v) is 3.35. The third-order valence-electron chi connectivity index (χ3n) is 4.94. The maximum absolute atomic E-state index is 13.5. The summed E-state index contributed by atoms with van der Waals surface area (Å²) < 4.78 is 13.5. The van der Waals surface area contributed by atoms with Crippen LogP contribution < -0.4 is 4.90 Å². The van der Waals surface area contributed by atoms with Crippen molar-refractivity contribution in [2.24, 2.45) is 11.1 Å². The Hall–Kier alpha value is -2.89. The smallest absolute Gasteiger partial charge is 0.225 e. The van der Waals surface area contributed by atoms with Crippen LogP contribution in [-0.2, 0) is 16.2 Å². The number of carbonyl (C=O) groups is 1. The maximum Gasteiger partial charge on any atom is 0.225 e. The summed E-state index contributed by atoms with van der Waals surface area (Å²) in [6, 6.07) is 14.5. The van der Waals surface area contributed by atoms with Gasteiger partial charge >= 0.3 is 0 Å². The van der Waals surface area contributed by atoms with Crippen LogP contribution in [0.3, 0.4) is 0 Å². The highest BCUT2D eigenvalue weighted by molar-refractivity contribution is 6.01. The molecule has 1 atom stereocenters. The normalized spacial score (nSPS) is 15.8. The monoisotopic (exact) mass is 397 g/mol. The number of hydrogen-bond acceptors (Lipinski definition) is 4. The van der Waals surface area contributed by atoms with Crippen molar-refractivity contribution < 1.29 is 14.0 Å². The zero-order valence-electron chi connectivity index (χ0n) is 17.4. The summed E-state index contributed by atoms with van der Waals surface area (Å²) in [6.07, 6.45) is 0.418. The highest BCUT2D eigenvalue weighted by Gasteiger charge is 2.28. The molecule has 6 heteroatoms. The molecular formula is C23H28FN3O2. The fourth-order valence-electron chi connectivity index (χ4n) is 3.35. The lowest BCUT2D eigenvalue weighted by atomic mass is 10.0. The molecule has 0 radical (unpaired) electrons. The van der Waals surface area contributed by atoms with Gasteiger partial charge in [-0.05, 0) is 35.4 Å². The van der Waals surface area contributed by atoms with Crippen LogP contribution >= 0.6 is 0 Å². The van der Waals surface area contributed by atoms with Crippen LogP contribution in [0.25, 0.3) is 0 Å². The highest BCUT2D eigenvalue weighted by atomic mass is 19.1. The fraction of sp³-hybridized carbons (Fsp3) is 0.391. The van der Waals surface area contributed by atoms with Gasteiger partial charge in [0.1, 0.15) is 5.82 Å². The molecule has 0 saturated carbocycles. The van der Waals surface area contributed by atoms with Crippen LogP contribution in [-0.4, -0.2) is 43.3 Å². The van der Waals surface area contributed by atoms with Gasteiger partial charge in [-0.3, -0.25) is 4.79 Å². The molecule has 29 heavy (non-hydrogen) atoms. The van der Waals surface area contributed by atoms with Gasteiger partial charge in [0.15, 0.2) is 6.10 Å². The summed E-state index contributed by atoms with van der Waals surface area (Å²) in [6.45, 7) is 4.49. The summed E-state index contributed by atoms with van der Waals surface area (Å²) in [5, 5.41) is 4.25. The molecule has 2 aromatic carbocycles. The average Bonchev–Trinajstić information content (AvgIpc) is 3.15. The molecule has 5 nitrogen and oxygen atoms in total. The molecule has 0 aromatic heterocycles. The number of rotatable bonds is 7. The van der Waals surface area contributed by atoms with E-state index in [1.165, 1.54) is 12.1 Å². The van der Waals surface area contributed by atoms with Crippen LogP contribution in [0, 0.1) is 11.7 Å². The van der Waals surface area contributed by atoms with Gasteiger partial charge in [0, 0.05) is 38.7 Å². The summed E-state index contributed by atoms with van der Waals surface area (Å²) in [5.41, 5.74) is 3.78. The van der Waals surface area contributed by atoms with Crippen molar-refractivity contribution in [1.29, 1.82) is 0 Å². The van der Waals surface area contributed by atoms with Crippen molar-refractivity contribution in [1.82, 2.24) is 4.90 Å². The molecule has 0 fully saturated rings. The maximum atomic E-state index is 13.5. The lowest BCUT2D eigenvalue weighted by Crippen LogP contribution is -2.39. The van der Waals surface area contributed by atoms with Gasteiger partial charge in [-0.15, -0.1) is 0 Å². The molecule has 1 heterocycles. The third kappa shape index (κ3) is 5.34. The lowest BCUT2D eigenvalue weighted by molar-refractivity contribution is -0.137. The number of anilines is 1. The van der Waals surface area contributed by atoms with Gasteiger partial charge in [0.2, 0.25) is 5.91 Å². The van der Waals surface area contributed by atoms with E-state index >= 15 is 0 Å². The Morgan fingerprint density at radius 3 is 2.55 bits per heavy atom. The van der Waals surface area contributed by atoms with E-state index < -0.39 is 0 Å². The quantitative estimate of drug-likeness (QED) is 0.708. The Kier molecular flexibility index (Phi) is 6.52. The predicted octanol–water partition coefficient (Wildman–Crippen LogP) is 4.07. The molecule has 0 unspecified atom stereocenters. The van der Waals surface area contributed by atoms with E-state index in [-0.39, 0.29) is 23.7 Å². The van der Waals surface area contributed by atoms with Crippen molar-refractivity contribution in [2.75, 3.05) is 25.5 Å². The number of nitrogens with zero attached hydrogens (tertiary/aromatic N) is 3. The topological polar surface area (TPSA) is 45.1 Å². The van der Waals surface area contributed by atoms with Gasteiger partial charge in [0.05, 0.1) is 12.3 Å². The number of halogens is 1. The van der Waals surface area contributed by atoms with Crippen LogP contribution in [0.5, 0.6) is 0 Å². The number of oxime groups is 1. The summed E-state index contributed by atoms with van der Waals surface area (Å²) in [4.78, 5) is 22.1. The standard InChI is InChI=1S/C23H28FN3O2/c1-16(2)23(28)27(14-17-6-5-7-19(24)12-17)15-21-13-22(25-29-21)18-8-10-20(11-9-18)26(3)4/h5-12,16,21H,13-15H2,1-4H3/t21-/m0/s1. The first kappa shape index (κ1) is 20.8. The minimum absolute atomic E-state index is 0.0154. The first-order chi connectivity index (χ1) is 13.8. The zero-order valence-corrected chi connectivity index (χ0v) is 17.4. The van der Waals surface area contributed by atoms with Crippen LogP contribution in [0.1, 0.15) is 31.4 Å². The van der Waals surface area contributed by atoms with Crippen molar-refractivity contribution in [3.05, 3.63) is 65.5 Å². The minimum Gasteiger partial charge on any atom is -0.390 e. The molecule has 1 aliphatic rings. The van der Waals surface area contributed by atoms with Crippen molar-refractivity contribution >= 4 is 17.3 Å². The van der Waals surface area contributed by atoms with E-state index in [2.05, 4.69) is 5.16 Å². The lowest BCUT2D eigenvalue weighted by Gasteiger charge is -2.26.